The molecule has 3 heteroatoms. The number of hydrogen-bond donors (Lipinski definition) is 1. The van der Waals surface area contributed by atoms with Gasteiger partial charge in [0.1, 0.15) is 0 Å². The third-order valence-corrected chi connectivity index (χ3v) is 5.05. The first-order valence-corrected chi connectivity index (χ1v) is 7.68. The molecule has 3 rings (SSSR count). The molecule has 0 saturated heterocycles. The molecule has 2 nitrogen and oxygen atoms in total. The van der Waals surface area contributed by atoms with Crippen LogP contribution in [0.4, 0.5) is 0 Å². The highest BCUT2D eigenvalue weighted by Crippen LogP contribution is 2.30. The van der Waals surface area contributed by atoms with Crippen LogP contribution in [0.3, 0.4) is 0 Å². The second kappa shape index (κ2) is 5.37. The van der Waals surface area contributed by atoms with Crippen molar-refractivity contribution in [3.63, 3.8) is 0 Å². The van der Waals surface area contributed by atoms with E-state index in [2.05, 4.69) is 36.6 Å². The second-order valence-electron chi connectivity index (χ2n) is 5.30. The Kier molecular flexibility index (Phi) is 3.62. The molecule has 0 amide bonds. The third kappa shape index (κ3) is 2.57. The number of thiazole rings is 1. The molecular formula is C15H20N2S. The highest BCUT2D eigenvalue weighted by Gasteiger charge is 2.21. The van der Waals surface area contributed by atoms with Crippen LogP contribution in [-0.2, 0) is 6.42 Å². The Morgan fingerprint density at radius 2 is 2.22 bits per heavy atom. The van der Waals surface area contributed by atoms with Gasteiger partial charge in [-0.05, 0) is 44.4 Å². The molecule has 1 aromatic carbocycles. The molecular weight excluding hydrogens is 240 g/mol. The fourth-order valence-corrected chi connectivity index (χ4v) is 4.07. The maximum Gasteiger partial charge on any atom is 0.0941 e. The number of fused-ring (bicyclic) bond motifs is 1. The third-order valence-electron chi connectivity index (χ3n) is 3.99. The van der Waals surface area contributed by atoms with E-state index in [-0.39, 0.29) is 0 Å². The van der Waals surface area contributed by atoms with E-state index in [1.165, 1.54) is 40.9 Å². The molecule has 1 aliphatic carbocycles. The highest BCUT2D eigenvalue weighted by atomic mass is 32.1. The van der Waals surface area contributed by atoms with Crippen LogP contribution in [0, 0.1) is 5.92 Å². The van der Waals surface area contributed by atoms with Crippen molar-refractivity contribution in [2.24, 2.45) is 5.92 Å². The van der Waals surface area contributed by atoms with Crippen LogP contribution >= 0.6 is 11.3 Å². The number of para-hydroxylation sites is 1. The normalized spacial score (nSPS) is 24.5. The molecule has 0 radical (unpaired) electrons. The lowest BCUT2D eigenvalue weighted by Crippen LogP contribution is -2.31. The average Bonchev–Trinajstić information content (AvgIpc) is 2.81. The van der Waals surface area contributed by atoms with Crippen LogP contribution in [0.5, 0.6) is 0 Å². The van der Waals surface area contributed by atoms with E-state index in [0.717, 1.165) is 18.4 Å². The predicted molar refractivity (Wildman–Crippen MR) is 78.1 cm³/mol. The zero-order valence-electron chi connectivity index (χ0n) is 10.9. The SMILES string of the molecule is CNC1CCCC(Cc2nc3ccccc3s2)C1. The van der Waals surface area contributed by atoms with Gasteiger partial charge in [-0.2, -0.15) is 0 Å². The zero-order valence-corrected chi connectivity index (χ0v) is 11.7. The summed E-state index contributed by atoms with van der Waals surface area (Å²) in [5.74, 6) is 0.816. The summed E-state index contributed by atoms with van der Waals surface area (Å²) >= 11 is 1.87. The van der Waals surface area contributed by atoms with Crippen molar-refractivity contribution in [2.45, 2.75) is 38.1 Å². The lowest BCUT2D eigenvalue weighted by molar-refractivity contribution is 0.294. The summed E-state index contributed by atoms with van der Waals surface area (Å²) in [6.45, 7) is 0. The van der Waals surface area contributed by atoms with Gasteiger partial charge < -0.3 is 5.32 Å². The molecule has 0 spiro atoms. The monoisotopic (exact) mass is 260 g/mol. The Labute approximate surface area is 112 Å². The quantitative estimate of drug-likeness (QED) is 0.911. The van der Waals surface area contributed by atoms with Gasteiger partial charge in [-0.1, -0.05) is 18.6 Å². The minimum absolute atomic E-state index is 0.720. The second-order valence-corrected chi connectivity index (χ2v) is 6.41. The summed E-state index contributed by atoms with van der Waals surface area (Å²) in [6.07, 6.45) is 6.55. The van der Waals surface area contributed by atoms with E-state index in [9.17, 15) is 0 Å². The van der Waals surface area contributed by atoms with E-state index in [1.807, 2.05) is 11.3 Å². The molecule has 1 aliphatic rings. The maximum atomic E-state index is 4.76. The summed E-state index contributed by atoms with van der Waals surface area (Å²) in [7, 11) is 2.09. The van der Waals surface area contributed by atoms with E-state index in [0.29, 0.717) is 0 Å². The van der Waals surface area contributed by atoms with Gasteiger partial charge in [-0.25, -0.2) is 4.98 Å². The summed E-state index contributed by atoms with van der Waals surface area (Å²) in [6, 6.07) is 9.18. The molecule has 2 atom stereocenters. The minimum Gasteiger partial charge on any atom is -0.317 e. The lowest BCUT2D eigenvalue weighted by Gasteiger charge is -2.28. The van der Waals surface area contributed by atoms with Crippen LogP contribution < -0.4 is 5.32 Å². The zero-order chi connectivity index (χ0) is 12.4. The largest absolute Gasteiger partial charge is 0.317 e. The number of benzene rings is 1. The maximum absolute atomic E-state index is 4.76. The van der Waals surface area contributed by atoms with Gasteiger partial charge in [0.25, 0.3) is 0 Å². The molecule has 1 fully saturated rings. The predicted octanol–water partition coefficient (Wildman–Crippen LogP) is 3.62. The van der Waals surface area contributed by atoms with Gasteiger partial charge in [0.05, 0.1) is 15.2 Å². The van der Waals surface area contributed by atoms with E-state index in [1.54, 1.807) is 0 Å². The van der Waals surface area contributed by atoms with Gasteiger partial charge in [0.15, 0.2) is 0 Å². The van der Waals surface area contributed by atoms with E-state index < -0.39 is 0 Å². The summed E-state index contributed by atoms with van der Waals surface area (Å²) in [5.41, 5.74) is 1.17. The topological polar surface area (TPSA) is 24.9 Å². The van der Waals surface area contributed by atoms with Crippen LogP contribution in [0.1, 0.15) is 30.7 Å². The summed E-state index contributed by atoms with van der Waals surface area (Å²) in [5, 5.41) is 4.75. The molecule has 2 unspecified atom stereocenters. The fourth-order valence-electron chi connectivity index (χ4n) is 2.99. The lowest BCUT2D eigenvalue weighted by atomic mass is 9.84. The molecule has 1 heterocycles. The summed E-state index contributed by atoms with van der Waals surface area (Å²) < 4.78 is 1.33. The van der Waals surface area contributed by atoms with Crippen LogP contribution in [0.2, 0.25) is 0 Å². The number of nitrogens with zero attached hydrogens (tertiary/aromatic N) is 1. The average molecular weight is 260 g/mol. The van der Waals surface area contributed by atoms with Crippen LogP contribution in [-0.4, -0.2) is 18.1 Å². The molecule has 18 heavy (non-hydrogen) atoms. The molecule has 1 saturated carbocycles. The molecule has 0 bridgehead atoms. The Hall–Kier alpha value is -0.930. The van der Waals surface area contributed by atoms with E-state index in [4.69, 9.17) is 4.98 Å². The van der Waals surface area contributed by atoms with Crippen molar-refractivity contribution in [2.75, 3.05) is 7.05 Å². The van der Waals surface area contributed by atoms with E-state index >= 15 is 0 Å². The highest BCUT2D eigenvalue weighted by molar-refractivity contribution is 7.18. The van der Waals surface area contributed by atoms with Gasteiger partial charge >= 0.3 is 0 Å². The molecule has 1 aromatic heterocycles. The smallest absolute Gasteiger partial charge is 0.0941 e. The Balaban J connectivity index is 1.71. The first-order valence-electron chi connectivity index (χ1n) is 6.87. The number of aromatic nitrogens is 1. The van der Waals surface area contributed by atoms with Crippen molar-refractivity contribution in [3.8, 4) is 0 Å². The fraction of sp³-hybridized carbons (Fsp3) is 0.533. The molecule has 96 valence electrons. The minimum atomic E-state index is 0.720. The number of rotatable bonds is 3. The Bertz CT molecular complexity index is 487. The first-order chi connectivity index (χ1) is 8.85. The van der Waals surface area contributed by atoms with Crippen LogP contribution in [0.15, 0.2) is 24.3 Å². The van der Waals surface area contributed by atoms with Crippen molar-refractivity contribution in [3.05, 3.63) is 29.3 Å². The van der Waals surface area contributed by atoms with Gasteiger partial charge in [-0.3, -0.25) is 0 Å². The standard InChI is InChI=1S/C15H20N2S/c1-16-12-6-4-5-11(9-12)10-15-17-13-7-2-3-8-14(13)18-15/h2-3,7-8,11-12,16H,4-6,9-10H2,1H3. The van der Waals surface area contributed by atoms with Crippen molar-refractivity contribution in [1.29, 1.82) is 0 Å². The summed E-state index contributed by atoms with van der Waals surface area (Å²) in [4.78, 5) is 4.76. The first kappa shape index (κ1) is 12.1. The van der Waals surface area contributed by atoms with Crippen molar-refractivity contribution < 1.29 is 0 Å². The Morgan fingerprint density at radius 1 is 1.33 bits per heavy atom. The van der Waals surface area contributed by atoms with Gasteiger partial charge in [-0.15, -0.1) is 11.3 Å². The molecule has 1 N–H and O–H groups in total. The van der Waals surface area contributed by atoms with Crippen molar-refractivity contribution in [1.82, 2.24) is 10.3 Å². The number of hydrogen-bond acceptors (Lipinski definition) is 3. The van der Waals surface area contributed by atoms with Crippen LogP contribution in [0.25, 0.3) is 10.2 Å². The van der Waals surface area contributed by atoms with Crippen molar-refractivity contribution >= 4 is 21.6 Å². The molecule has 2 aromatic rings. The number of nitrogens with one attached hydrogen (secondary N) is 1. The Morgan fingerprint density at radius 3 is 3.06 bits per heavy atom. The molecule has 0 aliphatic heterocycles. The van der Waals surface area contributed by atoms with Gasteiger partial charge in [0, 0.05) is 12.5 Å². The van der Waals surface area contributed by atoms with Gasteiger partial charge in [0.2, 0.25) is 0 Å².